The third kappa shape index (κ3) is 1.67. The molecule has 0 saturated heterocycles. The van der Waals surface area contributed by atoms with Crippen LogP contribution in [-0.2, 0) is 13.1 Å². The second-order valence-corrected chi connectivity index (χ2v) is 4.80. The molecule has 2 aromatic heterocycles. The van der Waals surface area contributed by atoms with E-state index in [2.05, 4.69) is 4.98 Å². The Morgan fingerprint density at radius 1 is 1.22 bits per heavy atom. The van der Waals surface area contributed by atoms with Gasteiger partial charge in [-0.1, -0.05) is 12.1 Å². The van der Waals surface area contributed by atoms with Gasteiger partial charge >= 0.3 is 5.69 Å². The maximum absolute atomic E-state index is 12.3. The summed E-state index contributed by atoms with van der Waals surface area (Å²) < 4.78 is 3.58. The molecule has 0 bridgehead atoms. The van der Waals surface area contributed by atoms with Gasteiger partial charge in [0, 0.05) is 11.9 Å². The van der Waals surface area contributed by atoms with Crippen LogP contribution in [0.2, 0.25) is 0 Å². The van der Waals surface area contributed by atoms with Gasteiger partial charge in [-0.2, -0.15) is 0 Å². The summed E-state index contributed by atoms with van der Waals surface area (Å²) in [5, 5.41) is 1.98. The SMILES string of the molecule is CCn1c(=O)n(Cc2cscn2)c2ccccc21. The maximum atomic E-state index is 12.3. The van der Waals surface area contributed by atoms with Crippen LogP contribution in [-0.4, -0.2) is 14.1 Å². The van der Waals surface area contributed by atoms with E-state index in [4.69, 9.17) is 0 Å². The molecular formula is C13H13N3OS. The third-order valence-electron chi connectivity index (χ3n) is 3.04. The fourth-order valence-corrected chi connectivity index (χ4v) is 2.76. The van der Waals surface area contributed by atoms with Crippen LogP contribution in [0.1, 0.15) is 12.6 Å². The number of fused-ring (bicyclic) bond motifs is 1. The lowest BCUT2D eigenvalue weighted by Crippen LogP contribution is -2.24. The van der Waals surface area contributed by atoms with Crippen LogP contribution < -0.4 is 5.69 Å². The normalized spacial score (nSPS) is 11.2. The summed E-state index contributed by atoms with van der Waals surface area (Å²) in [7, 11) is 0. The van der Waals surface area contributed by atoms with Gasteiger partial charge in [-0.05, 0) is 19.1 Å². The number of aromatic nitrogens is 3. The van der Waals surface area contributed by atoms with Crippen LogP contribution in [0.4, 0.5) is 0 Å². The predicted octanol–water partition coefficient (Wildman–Crippen LogP) is 2.33. The third-order valence-corrected chi connectivity index (χ3v) is 3.68. The first-order valence-electron chi connectivity index (χ1n) is 5.86. The Morgan fingerprint density at radius 2 is 1.94 bits per heavy atom. The molecule has 3 rings (SSSR count). The van der Waals surface area contributed by atoms with E-state index in [1.807, 2.05) is 36.6 Å². The molecule has 0 aliphatic carbocycles. The van der Waals surface area contributed by atoms with Crippen molar-refractivity contribution in [3.8, 4) is 0 Å². The number of benzene rings is 1. The number of hydrogen-bond donors (Lipinski definition) is 0. The molecule has 2 heterocycles. The summed E-state index contributed by atoms with van der Waals surface area (Å²) in [5.41, 5.74) is 4.71. The minimum atomic E-state index is 0.0340. The molecule has 0 fully saturated rings. The molecular weight excluding hydrogens is 246 g/mol. The quantitative estimate of drug-likeness (QED) is 0.724. The van der Waals surface area contributed by atoms with Gasteiger partial charge < -0.3 is 0 Å². The van der Waals surface area contributed by atoms with Crippen LogP contribution in [0.3, 0.4) is 0 Å². The molecule has 0 atom stereocenters. The number of para-hydroxylation sites is 2. The fourth-order valence-electron chi connectivity index (χ4n) is 2.21. The summed E-state index contributed by atoms with van der Waals surface area (Å²) >= 11 is 1.55. The van der Waals surface area contributed by atoms with Gasteiger partial charge in [0.05, 0.1) is 28.8 Å². The number of rotatable bonds is 3. The minimum absolute atomic E-state index is 0.0340. The predicted molar refractivity (Wildman–Crippen MR) is 73.1 cm³/mol. The Balaban J connectivity index is 2.22. The second kappa shape index (κ2) is 4.42. The van der Waals surface area contributed by atoms with Crippen LogP contribution in [0.5, 0.6) is 0 Å². The molecule has 0 aliphatic rings. The minimum Gasteiger partial charge on any atom is -0.292 e. The molecule has 0 spiro atoms. The van der Waals surface area contributed by atoms with Gasteiger partial charge in [0.2, 0.25) is 0 Å². The number of aryl methyl sites for hydroxylation is 1. The highest BCUT2D eigenvalue weighted by molar-refractivity contribution is 7.07. The molecule has 4 nitrogen and oxygen atoms in total. The summed E-state index contributed by atoms with van der Waals surface area (Å²) in [4.78, 5) is 16.6. The molecule has 0 amide bonds. The van der Waals surface area contributed by atoms with Crippen molar-refractivity contribution in [1.82, 2.24) is 14.1 Å². The molecule has 1 aromatic carbocycles. The van der Waals surface area contributed by atoms with Crippen LogP contribution in [0, 0.1) is 0 Å². The zero-order valence-electron chi connectivity index (χ0n) is 10.0. The van der Waals surface area contributed by atoms with E-state index in [1.54, 1.807) is 26.0 Å². The smallest absolute Gasteiger partial charge is 0.292 e. The summed E-state index contributed by atoms with van der Waals surface area (Å²) in [6, 6.07) is 7.88. The van der Waals surface area contributed by atoms with E-state index in [0.717, 1.165) is 16.7 Å². The monoisotopic (exact) mass is 259 g/mol. The van der Waals surface area contributed by atoms with E-state index >= 15 is 0 Å². The van der Waals surface area contributed by atoms with E-state index < -0.39 is 0 Å². The Hall–Kier alpha value is -1.88. The van der Waals surface area contributed by atoms with Crippen molar-refractivity contribution in [3.05, 3.63) is 51.3 Å². The highest BCUT2D eigenvalue weighted by Gasteiger charge is 2.12. The Labute approximate surface area is 108 Å². The summed E-state index contributed by atoms with van der Waals surface area (Å²) in [6.45, 7) is 3.21. The molecule has 0 unspecified atom stereocenters. The number of hydrogen-bond acceptors (Lipinski definition) is 3. The Morgan fingerprint density at radius 3 is 2.56 bits per heavy atom. The average molecular weight is 259 g/mol. The van der Waals surface area contributed by atoms with Crippen molar-refractivity contribution in [2.75, 3.05) is 0 Å². The number of imidazole rings is 1. The highest BCUT2D eigenvalue weighted by atomic mass is 32.1. The molecule has 0 aliphatic heterocycles. The van der Waals surface area contributed by atoms with Crippen LogP contribution in [0.15, 0.2) is 40.0 Å². The standard InChI is InChI=1S/C13H13N3OS/c1-2-15-11-5-3-4-6-12(11)16(13(15)17)7-10-8-18-9-14-10/h3-6,8-9H,2,7H2,1H3. The molecule has 0 N–H and O–H groups in total. The van der Waals surface area contributed by atoms with Crippen molar-refractivity contribution in [2.24, 2.45) is 0 Å². The van der Waals surface area contributed by atoms with E-state index in [0.29, 0.717) is 13.1 Å². The lowest BCUT2D eigenvalue weighted by molar-refractivity contribution is 0.679. The lowest BCUT2D eigenvalue weighted by atomic mass is 10.3. The van der Waals surface area contributed by atoms with E-state index in [1.165, 1.54) is 0 Å². The van der Waals surface area contributed by atoms with Crippen molar-refractivity contribution < 1.29 is 0 Å². The lowest BCUT2D eigenvalue weighted by Gasteiger charge is -1.99. The second-order valence-electron chi connectivity index (χ2n) is 4.08. The van der Waals surface area contributed by atoms with Gasteiger partial charge in [0.15, 0.2) is 0 Å². The van der Waals surface area contributed by atoms with Crippen molar-refractivity contribution >= 4 is 22.4 Å². The fraction of sp³-hybridized carbons (Fsp3) is 0.231. The summed E-state index contributed by atoms with van der Waals surface area (Å²) in [6.07, 6.45) is 0. The Kier molecular flexibility index (Phi) is 2.76. The number of thiazole rings is 1. The molecule has 3 aromatic rings. The molecule has 0 radical (unpaired) electrons. The zero-order chi connectivity index (χ0) is 12.5. The van der Waals surface area contributed by atoms with E-state index in [9.17, 15) is 4.79 Å². The largest absolute Gasteiger partial charge is 0.329 e. The molecule has 5 heteroatoms. The first kappa shape index (κ1) is 11.2. The average Bonchev–Trinajstić information content (AvgIpc) is 2.98. The number of nitrogens with zero attached hydrogens (tertiary/aromatic N) is 3. The molecule has 18 heavy (non-hydrogen) atoms. The van der Waals surface area contributed by atoms with Gasteiger partial charge in [0.25, 0.3) is 0 Å². The maximum Gasteiger partial charge on any atom is 0.329 e. The van der Waals surface area contributed by atoms with Gasteiger partial charge in [-0.25, -0.2) is 9.78 Å². The summed E-state index contributed by atoms with van der Waals surface area (Å²) in [5.74, 6) is 0. The van der Waals surface area contributed by atoms with Crippen LogP contribution >= 0.6 is 11.3 Å². The highest BCUT2D eigenvalue weighted by Crippen LogP contribution is 2.14. The van der Waals surface area contributed by atoms with Crippen molar-refractivity contribution in [3.63, 3.8) is 0 Å². The van der Waals surface area contributed by atoms with Gasteiger partial charge in [0.1, 0.15) is 0 Å². The first-order valence-corrected chi connectivity index (χ1v) is 6.80. The first-order chi connectivity index (χ1) is 8.81. The topological polar surface area (TPSA) is 39.8 Å². The van der Waals surface area contributed by atoms with Gasteiger partial charge in [-0.15, -0.1) is 11.3 Å². The molecule has 0 saturated carbocycles. The molecule has 92 valence electrons. The van der Waals surface area contributed by atoms with Crippen LogP contribution in [0.25, 0.3) is 11.0 Å². The van der Waals surface area contributed by atoms with Crippen molar-refractivity contribution in [1.29, 1.82) is 0 Å². The van der Waals surface area contributed by atoms with Gasteiger partial charge in [-0.3, -0.25) is 9.13 Å². The van der Waals surface area contributed by atoms with E-state index in [-0.39, 0.29) is 5.69 Å². The Bertz CT molecular complexity index is 724. The van der Waals surface area contributed by atoms with Crippen molar-refractivity contribution in [2.45, 2.75) is 20.0 Å². The zero-order valence-corrected chi connectivity index (χ0v) is 10.9.